The summed E-state index contributed by atoms with van der Waals surface area (Å²) in [5.74, 6) is 0. The summed E-state index contributed by atoms with van der Waals surface area (Å²) < 4.78 is 16.1. The zero-order valence-electron chi connectivity index (χ0n) is 11.2. The van der Waals surface area contributed by atoms with Crippen LogP contribution in [0.3, 0.4) is 0 Å². The zero-order valence-corrected chi connectivity index (χ0v) is 11.2. The molecule has 4 nitrogen and oxygen atoms in total. The summed E-state index contributed by atoms with van der Waals surface area (Å²) in [6, 6.07) is 0.701. The fourth-order valence-corrected chi connectivity index (χ4v) is 2.17. The molecule has 1 rings (SSSR count). The van der Waals surface area contributed by atoms with Gasteiger partial charge in [-0.25, -0.2) is 0 Å². The fraction of sp³-hybridized carbons (Fsp3) is 1.00. The van der Waals surface area contributed by atoms with Crippen molar-refractivity contribution in [2.45, 2.75) is 44.2 Å². The van der Waals surface area contributed by atoms with Crippen LogP contribution in [0.4, 0.5) is 0 Å². The summed E-state index contributed by atoms with van der Waals surface area (Å²) in [4.78, 5) is 0. The van der Waals surface area contributed by atoms with Gasteiger partial charge in [0.1, 0.15) is 0 Å². The molecule has 17 heavy (non-hydrogen) atoms. The topological polar surface area (TPSA) is 39.7 Å². The number of hydrogen-bond acceptors (Lipinski definition) is 4. The van der Waals surface area contributed by atoms with Crippen molar-refractivity contribution in [3.63, 3.8) is 0 Å². The third kappa shape index (κ3) is 6.99. The second-order valence-electron chi connectivity index (χ2n) is 4.59. The standard InChI is InChI=1S/C13H27NO3/c1-14-12-4-6-13(7-5-12)17-9-3-8-16-11-10-15-2/h12-14H,3-11H2,1-2H3. The minimum Gasteiger partial charge on any atom is -0.382 e. The highest BCUT2D eigenvalue weighted by Gasteiger charge is 2.19. The molecule has 0 aromatic carbocycles. The Balaban J connectivity index is 1.87. The van der Waals surface area contributed by atoms with E-state index in [1.807, 2.05) is 7.05 Å². The third-order valence-corrected chi connectivity index (χ3v) is 3.30. The lowest BCUT2D eigenvalue weighted by atomic mass is 9.93. The minimum atomic E-state index is 0.471. The van der Waals surface area contributed by atoms with Gasteiger partial charge in [0.05, 0.1) is 19.3 Å². The second-order valence-corrected chi connectivity index (χ2v) is 4.59. The summed E-state index contributed by atoms with van der Waals surface area (Å²) in [6.45, 7) is 2.95. The van der Waals surface area contributed by atoms with E-state index in [1.54, 1.807) is 7.11 Å². The molecular formula is C13H27NO3. The normalized spacial score (nSPS) is 25.1. The molecule has 1 N–H and O–H groups in total. The van der Waals surface area contributed by atoms with E-state index in [0.29, 0.717) is 25.4 Å². The van der Waals surface area contributed by atoms with Crippen LogP contribution in [0.2, 0.25) is 0 Å². The zero-order chi connectivity index (χ0) is 12.3. The molecular weight excluding hydrogens is 218 g/mol. The first-order valence-electron chi connectivity index (χ1n) is 6.72. The van der Waals surface area contributed by atoms with Gasteiger partial charge in [0.25, 0.3) is 0 Å². The number of hydrogen-bond donors (Lipinski definition) is 1. The van der Waals surface area contributed by atoms with Crippen LogP contribution in [0.15, 0.2) is 0 Å². The van der Waals surface area contributed by atoms with Crippen LogP contribution in [0.5, 0.6) is 0 Å². The van der Waals surface area contributed by atoms with Gasteiger partial charge >= 0.3 is 0 Å². The van der Waals surface area contributed by atoms with Crippen LogP contribution in [-0.2, 0) is 14.2 Å². The second kappa shape index (κ2) is 9.83. The highest BCUT2D eigenvalue weighted by atomic mass is 16.5. The molecule has 0 aromatic rings. The quantitative estimate of drug-likeness (QED) is 0.626. The van der Waals surface area contributed by atoms with Gasteiger partial charge < -0.3 is 19.5 Å². The molecule has 1 fully saturated rings. The van der Waals surface area contributed by atoms with Gasteiger partial charge in [-0.1, -0.05) is 0 Å². The van der Waals surface area contributed by atoms with Crippen molar-refractivity contribution < 1.29 is 14.2 Å². The molecule has 0 atom stereocenters. The maximum atomic E-state index is 5.84. The first kappa shape index (κ1) is 14.9. The largest absolute Gasteiger partial charge is 0.382 e. The first-order valence-corrected chi connectivity index (χ1v) is 6.72. The molecule has 0 unspecified atom stereocenters. The predicted molar refractivity (Wildman–Crippen MR) is 68.4 cm³/mol. The van der Waals surface area contributed by atoms with Crippen molar-refractivity contribution in [3.05, 3.63) is 0 Å². The van der Waals surface area contributed by atoms with Crippen LogP contribution in [0.25, 0.3) is 0 Å². The Kier molecular flexibility index (Phi) is 8.61. The Morgan fingerprint density at radius 3 is 2.41 bits per heavy atom. The van der Waals surface area contributed by atoms with Crippen LogP contribution in [0.1, 0.15) is 32.1 Å². The van der Waals surface area contributed by atoms with E-state index in [0.717, 1.165) is 19.6 Å². The average Bonchev–Trinajstić information content (AvgIpc) is 2.38. The maximum absolute atomic E-state index is 5.84. The lowest BCUT2D eigenvalue weighted by Crippen LogP contribution is -2.33. The van der Waals surface area contributed by atoms with Crippen molar-refractivity contribution in [2.24, 2.45) is 0 Å². The van der Waals surface area contributed by atoms with Gasteiger partial charge in [-0.2, -0.15) is 0 Å². The van der Waals surface area contributed by atoms with Crippen molar-refractivity contribution in [3.8, 4) is 0 Å². The van der Waals surface area contributed by atoms with Gasteiger partial charge in [-0.05, 0) is 39.2 Å². The average molecular weight is 245 g/mol. The van der Waals surface area contributed by atoms with E-state index in [2.05, 4.69) is 5.32 Å². The Bertz CT molecular complexity index is 170. The molecule has 0 spiro atoms. The SMILES string of the molecule is CNC1CCC(OCCCOCCOC)CC1. The first-order chi connectivity index (χ1) is 8.36. The Morgan fingerprint density at radius 2 is 1.76 bits per heavy atom. The van der Waals surface area contributed by atoms with Crippen LogP contribution in [0, 0.1) is 0 Å². The highest BCUT2D eigenvalue weighted by Crippen LogP contribution is 2.20. The molecule has 0 aromatic heterocycles. The molecule has 0 radical (unpaired) electrons. The molecule has 0 bridgehead atoms. The summed E-state index contributed by atoms with van der Waals surface area (Å²) in [6.07, 6.45) is 6.32. The summed E-state index contributed by atoms with van der Waals surface area (Å²) in [5.41, 5.74) is 0. The van der Waals surface area contributed by atoms with E-state index in [1.165, 1.54) is 25.7 Å². The molecule has 0 heterocycles. The van der Waals surface area contributed by atoms with Gasteiger partial charge in [0, 0.05) is 26.4 Å². The summed E-state index contributed by atoms with van der Waals surface area (Å²) in [7, 11) is 3.73. The molecule has 102 valence electrons. The van der Waals surface area contributed by atoms with Crippen molar-refractivity contribution in [2.75, 3.05) is 40.6 Å². The number of methoxy groups -OCH3 is 1. The number of rotatable bonds is 9. The Morgan fingerprint density at radius 1 is 1.00 bits per heavy atom. The van der Waals surface area contributed by atoms with E-state index in [9.17, 15) is 0 Å². The molecule has 0 amide bonds. The number of ether oxygens (including phenoxy) is 3. The molecule has 1 aliphatic rings. The lowest BCUT2D eigenvalue weighted by molar-refractivity contribution is 0.00491. The molecule has 0 aliphatic heterocycles. The van der Waals surface area contributed by atoms with Crippen molar-refractivity contribution in [1.29, 1.82) is 0 Å². The smallest absolute Gasteiger partial charge is 0.0700 e. The van der Waals surface area contributed by atoms with E-state index < -0.39 is 0 Å². The Labute approximate surface area is 105 Å². The highest BCUT2D eigenvalue weighted by molar-refractivity contribution is 4.76. The third-order valence-electron chi connectivity index (χ3n) is 3.30. The number of nitrogens with one attached hydrogen (secondary N) is 1. The van der Waals surface area contributed by atoms with Crippen LogP contribution >= 0.6 is 0 Å². The van der Waals surface area contributed by atoms with Crippen molar-refractivity contribution in [1.82, 2.24) is 5.32 Å². The van der Waals surface area contributed by atoms with Crippen molar-refractivity contribution >= 4 is 0 Å². The van der Waals surface area contributed by atoms with Gasteiger partial charge in [-0.3, -0.25) is 0 Å². The summed E-state index contributed by atoms with van der Waals surface area (Å²) >= 11 is 0. The van der Waals surface area contributed by atoms with Gasteiger partial charge in [0.15, 0.2) is 0 Å². The van der Waals surface area contributed by atoms with Gasteiger partial charge in [0.2, 0.25) is 0 Å². The molecule has 1 saturated carbocycles. The van der Waals surface area contributed by atoms with Crippen LogP contribution in [-0.4, -0.2) is 52.7 Å². The van der Waals surface area contributed by atoms with E-state index in [4.69, 9.17) is 14.2 Å². The van der Waals surface area contributed by atoms with Crippen LogP contribution < -0.4 is 5.32 Å². The predicted octanol–water partition coefficient (Wildman–Crippen LogP) is 1.59. The maximum Gasteiger partial charge on any atom is 0.0700 e. The van der Waals surface area contributed by atoms with Gasteiger partial charge in [-0.15, -0.1) is 0 Å². The minimum absolute atomic E-state index is 0.471. The monoisotopic (exact) mass is 245 g/mol. The molecule has 4 heteroatoms. The summed E-state index contributed by atoms with van der Waals surface area (Å²) in [5, 5.41) is 3.33. The lowest BCUT2D eigenvalue weighted by Gasteiger charge is -2.28. The molecule has 0 saturated heterocycles. The fourth-order valence-electron chi connectivity index (χ4n) is 2.17. The van der Waals surface area contributed by atoms with E-state index >= 15 is 0 Å². The Hall–Kier alpha value is -0.160. The molecule has 1 aliphatic carbocycles. The van der Waals surface area contributed by atoms with E-state index in [-0.39, 0.29) is 0 Å².